The monoisotopic (exact) mass is 275 g/mol. The quantitative estimate of drug-likeness (QED) is 0.876. The van der Waals surface area contributed by atoms with E-state index >= 15 is 0 Å². The maximum absolute atomic E-state index is 11.3. The fourth-order valence-electron chi connectivity index (χ4n) is 1.98. The summed E-state index contributed by atoms with van der Waals surface area (Å²) in [6.45, 7) is 2.71. The van der Waals surface area contributed by atoms with Crippen LogP contribution in [0.15, 0.2) is 24.3 Å². The minimum atomic E-state index is -1.08. The Bertz CT molecular complexity index is 607. The molecule has 20 heavy (non-hydrogen) atoms. The number of unbranched alkanes of at least 4 members (excludes halogenated alkanes) is 1. The summed E-state index contributed by atoms with van der Waals surface area (Å²) in [5, 5.41) is 17.0. The molecule has 0 radical (unpaired) electrons. The first-order valence-electron chi connectivity index (χ1n) is 6.48. The van der Waals surface area contributed by atoms with Gasteiger partial charge in [-0.25, -0.2) is 9.48 Å². The number of aromatic carboxylic acids is 1. The Labute approximate surface area is 117 Å². The second kappa shape index (κ2) is 6.18. The molecule has 0 aliphatic carbocycles. The first-order chi connectivity index (χ1) is 9.67. The number of rotatable bonds is 6. The van der Waals surface area contributed by atoms with Gasteiger partial charge in [-0.1, -0.05) is 30.7 Å². The maximum Gasteiger partial charge on any atom is 0.358 e. The molecule has 1 N–H and O–H groups in total. The number of hydrogen-bond acceptors (Lipinski definition) is 4. The highest BCUT2D eigenvalue weighted by molar-refractivity contribution is 5.92. The van der Waals surface area contributed by atoms with E-state index in [0.717, 1.165) is 18.4 Å². The molecule has 0 fully saturated rings. The zero-order valence-electron chi connectivity index (χ0n) is 11.5. The number of carbonyl (C=O) groups is 1. The van der Waals surface area contributed by atoms with E-state index in [9.17, 15) is 9.90 Å². The maximum atomic E-state index is 11.3. The summed E-state index contributed by atoms with van der Waals surface area (Å²) in [4.78, 5) is 11.3. The molecule has 0 aliphatic heterocycles. The van der Waals surface area contributed by atoms with E-state index in [2.05, 4.69) is 17.2 Å². The lowest BCUT2D eigenvalue weighted by molar-refractivity contribution is 0.0691. The van der Waals surface area contributed by atoms with Crippen LogP contribution in [0.2, 0.25) is 0 Å². The van der Waals surface area contributed by atoms with Crippen LogP contribution in [0.5, 0.6) is 5.75 Å². The van der Waals surface area contributed by atoms with E-state index < -0.39 is 5.97 Å². The van der Waals surface area contributed by atoms with Crippen molar-refractivity contribution in [3.63, 3.8) is 0 Å². The van der Waals surface area contributed by atoms with Crippen LogP contribution in [0, 0.1) is 0 Å². The van der Waals surface area contributed by atoms with Gasteiger partial charge in [-0.15, -0.1) is 5.10 Å². The summed E-state index contributed by atoms with van der Waals surface area (Å²) >= 11 is 0. The molecule has 0 atom stereocenters. The van der Waals surface area contributed by atoms with E-state index in [-0.39, 0.29) is 5.69 Å². The van der Waals surface area contributed by atoms with Crippen LogP contribution in [0.1, 0.15) is 30.3 Å². The minimum Gasteiger partial charge on any atom is -0.497 e. The van der Waals surface area contributed by atoms with Gasteiger partial charge in [0.25, 0.3) is 0 Å². The molecule has 106 valence electrons. The van der Waals surface area contributed by atoms with E-state index in [1.807, 2.05) is 18.2 Å². The number of carboxylic acid groups (broad SMARTS) is 1. The minimum absolute atomic E-state index is 0.0330. The second-order valence-corrected chi connectivity index (χ2v) is 4.40. The molecule has 0 aliphatic rings. The molecular formula is C14H17N3O3. The first kappa shape index (κ1) is 14.0. The third-order valence-corrected chi connectivity index (χ3v) is 3.00. The molecule has 6 nitrogen and oxygen atoms in total. The topological polar surface area (TPSA) is 77.2 Å². The van der Waals surface area contributed by atoms with Gasteiger partial charge in [0, 0.05) is 12.1 Å². The summed E-state index contributed by atoms with van der Waals surface area (Å²) in [6.07, 6.45) is 1.92. The summed E-state index contributed by atoms with van der Waals surface area (Å²) in [5.74, 6) is -0.410. The van der Waals surface area contributed by atoms with Crippen molar-refractivity contribution in [1.82, 2.24) is 15.0 Å². The zero-order valence-corrected chi connectivity index (χ0v) is 11.5. The standard InChI is InChI=1S/C14H17N3O3/c1-3-4-8-17-13(12(14(18)19)15-16-17)10-6-5-7-11(9-10)20-2/h5-7,9H,3-4,8H2,1-2H3,(H,18,19). The highest BCUT2D eigenvalue weighted by atomic mass is 16.5. The second-order valence-electron chi connectivity index (χ2n) is 4.40. The van der Waals surface area contributed by atoms with Crippen molar-refractivity contribution in [2.45, 2.75) is 26.3 Å². The van der Waals surface area contributed by atoms with Crippen molar-refractivity contribution in [2.75, 3.05) is 7.11 Å². The predicted octanol–water partition coefficient (Wildman–Crippen LogP) is 2.45. The van der Waals surface area contributed by atoms with Crippen LogP contribution in [0.4, 0.5) is 0 Å². The van der Waals surface area contributed by atoms with Crippen molar-refractivity contribution in [3.8, 4) is 17.0 Å². The molecule has 0 bridgehead atoms. The van der Waals surface area contributed by atoms with E-state index in [0.29, 0.717) is 18.0 Å². The number of aryl methyl sites for hydroxylation is 1. The summed E-state index contributed by atoms with van der Waals surface area (Å²) in [5.41, 5.74) is 1.22. The molecular weight excluding hydrogens is 258 g/mol. The van der Waals surface area contributed by atoms with Crippen molar-refractivity contribution < 1.29 is 14.6 Å². The van der Waals surface area contributed by atoms with Crippen LogP contribution in [0.25, 0.3) is 11.3 Å². The number of ether oxygens (including phenoxy) is 1. The van der Waals surface area contributed by atoms with Crippen molar-refractivity contribution in [2.24, 2.45) is 0 Å². The van der Waals surface area contributed by atoms with E-state index in [1.54, 1.807) is 17.9 Å². The van der Waals surface area contributed by atoms with Gasteiger partial charge in [-0.05, 0) is 18.6 Å². The van der Waals surface area contributed by atoms with Gasteiger partial charge in [-0.3, -0.25) is 0 Å². The largest absolute Gasteiger partial charge is 0.497 e. The third-order valence-electron chi connectivity index (χ3n) is 3.00. The predicted molar refractivity (Wildman–Crippen MR) is 73.9 cm³/mol. The molecule has 6 heteroatoms. The summed E-state index contributed by atoms with van der Waals surface area (Å²) < 4.78 is 6.82. The molecule has 0 saturated heterocycles. The number of carboxylic acids is 1. The van der Waals surface area contributed by atoms with Crippen LogP contribution in [-0.2, 0) is 6.54 Å². The SMILES string of the molecule is CCCCn1nnc(C(=O)O)c1-c1cccc(OC)c1. The molecule has 2 rings (SSSR count). The fourth-order valence-corrected chi connectivity index (χ4v) is 1.98. The normalized spacial score (nSPS) is 10.5. The first-order valence-corrected chi connectivity index (χ1v) is 6.48. The Balaban J connectivity index is 2.50. The Morgan fingerprint density at radius 3 is 2.90 bits per heavy atom. The van der Waals surface area contributed by atoms with Gasteiger partial charge in [-0.2, -0.15) is 0 Å². The van der Waals surface area contributed by atoms with Crippen LogP contribution >= 0.6 is 0 Å². The van der Waals surface area contributed by atoms with Crippen LogP contribution in [-0.4, -0.2) is 33.2 Å². The smallest absolute Gasteiger partial charge is 0.358 e. The molecule has 0 saturated carbocycles. The highest BCUT2D eigenvalue weighted by Crippen LogP contribution is 2.26. The molecule has 0 unspecified atom stereocenters. The Hall–Kier alpha value is -2.37. The lowest BCUT2D eigenvalue weighted by Gasteiger charge is -2.08. The summed E-state index contributed by atoms with van der Waals surface area (Å²) in [7, 11) is 1.57. The Morgan fingerprint density at radius 2 is 2.25 bits per heavy atom. The van der Waals surface area contributed by atoms with Gasteiger partial charge >= 0.3 is 5.97 Å². The molecule has 0 spiro atoms. The number of nitrogens with zero attached hydrogens (tertiary/aromatic N) is 3. The van der Waals surface area contributed by atoms with E-state index in [1.165, 1.54) is 0 Å². The highest BCUT2D eigenvalue weighted by Gasteiger charge is 2.20. The number of aromatic nitrogens is 3. The van der Waals surface area contributed by atoms with Crippen LogP contribution in [0.3, 0.4) is 0 Å². The van der Waals surface area contributed by atoms with Gasteiger partial charge in [0.1, 0.15) is 11.4 Å². The number of hydrogen-bond donors (Lipinski definition) is 1. The van der Waals surface area contributed by atoms with Crippen LogP contribution < -0.4 is 4.74 Å². The molecule has 2 aromatic rings. The summed E-state index contributed by atoms with van der Waals surface area (Å²) in [6, 6.07) is 7.24. The van der Waals surface area contributed by atoms with Crippen molar-refractivity contribution >= 4 is 5.97 Å². The molecule has 1 heterocycles. The zero-order chi connectivity index (χ0) is 14.5. The average Bonchev–Trinajstić information content (AvgIpc) is 2.89. The van der Waals surface area contributed by atoms with Gasteiger partial charge < -0.3 is 9.84 Å². The fraction of sp³-hybridized carbons (Fsp3) is 0.357. The Kier molecular flexibility index (Phi) is 4.34. The number of methoxy groups -OCH3 is 1. The average molecular weight is 275 g/mol. The van der Waals surface area contributed by atoms with Gasteiger partial charge in [0.2, 0.25) is 0 Å². The van der Waals surface area contributed by atoms with E-state index in [4.69, 9.17) is 4.74 Å². The van der Waals surface area contributed by atoms with Crippen molar-refractivity contribution in [3.05, 3.63) is 30.0 Å². The number of benzene rings is 1. The van der Waals surface area contributed by atoms with Gasteiger partial charge in [0.05, 0.1) is 7.11 Å². The lowest BCUT2D eigenvalue weighted by Crippen LogP contribution is -2.05. The Morgan fingerprint density at radius 1 is 1.45 bits per heavy atom. The molecule has 1 aromatic carbocycles. The molecule has 1 aromatic heterocycles. The van der Waals surface area contributed by atoms with Gasteiger partial charge in [0.15, 0.2) is 5.69 Å². The molecule has 0 amide bonds. The lowest BCUT2D eigenvalue weighted by atomic mass is 10.1. The third kappa shape index (κ3) is 2.79. The van der Waals surface area contributed by atoms with Crippen molar-refractivity contribution in [1.29, 1.82) is 0 Å².